The van der Waals surface area contributed by atoms with Gasteiger partial charge in [-0.1, -0.05) is 30.3 Å². The van der Waals surface area contributed by atoms with Gasteiger partial charge in [0.05, 0.1) is 0 Å². The molecule has 0 saturated carbocycles. The first-order chi connectivity index (χ1) is 8.74. The number of nitrogens with one attached hydrogen (secondary N) is 1. The Labute approximate surface area is 104 Å². The van der Waals surface area contributed by atoms with E-state index < -0.39 is 6.09 Å². The lowest BCUT2D eigenvalue weighted by Gasteiger charge is -2.06. The number of carbonyl (C=O) groups is 1. The highest BCUT2D eigenvalue weighted by Crippen LogP contribution is 2.08. The highest BCUT2D eigenvalue weighted by molar-refractivity contribution is 5.70. The lowest BCUT2D eigenvalue weighted by Crippen LogP contribution is -2.26. The zero-order chi connectivity index (χ0) is 12.8. The molecule has 0 radical (unpaired) electrons. The van der Waals surface area contributed by atoms with Crippen LogP contribution in [0.15, 0.2) is 54.6 Å². The minimum absolute atomic E-state index is 0.226. The Morgan fingerprint density at radius 2 is 1.89 bits per heavy atom. The minimum Gasteiger partial charge on any atom is -0.410 e. The van der Waals surface area contributed by atoms with Crippen LogP contribution in [0.4, 0.5) is 9.18 Å². The summed E-state index contributed by atoms with van der Waals surface area (Å²) in [5, 5.41) is 2.55. The molecule has 0 bridgehead atoms. The van der Waals surface area contributed by atoms with Crippen molar-refractivity contribution in [2.24, 2.45) is 0 Å². The van der Waals surface area contributed by atoms with Crippen molar-refractivity contribution in [3.63, 3.8) is 0 Å². The molecule has 0 atom stereocenters. The maximum atomic E-state index is 12.9. The molecule has 0 heterocycles. The zero-order valence-electron chi connectivity index (χ0n) is 9.60. The largest absolute Gasteiger partial charge is 0.412 e. The molecule has 0 unspecified atom stereocenters. The molecule has 0 aliphatic heterocycles. The van der Waals surface area contributed by atoms with Crippen LogP contribution >= 0.6 is 0 Å². The van der Waals surface area contributed by atoms with E-state index in [0.29, 0.717) is 11.3 Å². The van der Waals surface area contributed by atoms with Crippen LogP contribution in [0.5, 0.6) is 5.75 Å². The molecule has 92 valence electrons. The number of benzene rings is 2. The van der Waals surface area contributed by atoms with Crippen molar-refractivity contribution in [2.45, 2.75) is 6.54 Å². The van der Waals surface area contributed by atoms with E-state index >= 15 is 0 Å². The molecule has 4 heteroatoms. The summed E-state index contributed by atoms with van der Waals surface area (Å²) in [6.45, 7) is 0.226. The number of para-hydroxylation sites is 1. The Morgan fingerprint density at radius 1 is 1.11 bits per heavy atom. The van der Waals surface area contributed by atoms with Crippen LogP contribution in [-0.2, 0) is 6.54 Å². The molecular weight excluding hydrogens is 233 g/mol. The molecule has 18 heavy (non-hydrogen) atoms. The van der Waals surface area contributed by atoms with Gasteiger partial charge in [0.15, 0.2) is 0 Å². The maximum absolute atomic E-state index is 12.9. The highest BCUT2D eigenvalue weighted by Gasteiger charge is 2.03. The highest BCUT2D eigenvalue weighted by atomic mass is 19.1. The number of halogens is 1. The molecule has 1 amide bonds. The third kappa shape index (κ3) is 3.59. The number of hydrogen-bond acceptors (Lipinski definition) is 2. The number of amides is 1. The van der Waals surface area contributed by atoms with Crippen molar-refractivity contribution in [3.8, 4) is 5.75 Å². The summed E-state index contributed by atoms with van der Waals surface area (Å²) in [4.78, 5) is 11.4. The van der Waals surface area contributed by atoms with Crippen LogP contribution in [0.2, 0.25) is 0 Å². The van der Waals surface area contributed by atoms with Crippen LogP contribution < -0.4 is 10.1 Å². The topological polar surface area (TPSA) is 38.3 Å². The SMILES string of the molecule is O=C(NCc1cccc(F)c1)Oc1ccccc1. The molecular formula is C14H12FNO2. The van der Waals surface area contributed by atoms with E-state index in [-0.39, 0.29) is 12.4 Å². The predicted octanol–water partition coefficient (Wildman–Crippen LogP) is 3.11. The number of hydrogen-bond donors (Lipinski definition) is 1. The molecule has 0 saturated heterocycles. The van der Waals surface area contributed by atoms with Gasteiger partial charge >= 0.3 is 6.09 Å². The van der Waals surface area contributed by atoms with Gasteiger partial charge < -0.3 is 10.1 Å². The summed E-state index contributed by atoms with van der Waals surface area (Å²) in [6.07, 6.45) is -0.564. The lowest BCUT2D eigenvalue weighted by molar-refractivity contribution is 0.200. The summed E-state index contributed by atoms with van der Waals surface area (Å²) < 4.78 is 17.9. The number of rotatable bonds is 3. The van der Waals surface area contributed by atoms with E-state index in [1.54, 1.807) is 36.4 Å². The van der Waals surface area contributed by atoms with Gasteiger partial charge in [-0.05, 0) is 29.8 Å². The van der Waals surface area contributed by atoms with Crippen LogP contribution in [-0.4, -0.2) is 6.09 Å². The maximum Gasteiger partial charge on any atom is 0.412 e. The minimum atomic E-state index is -0.564. The fraction of sp³-hybridized carbons (Fsp3) is 0.0714. The molecule has 2 aromatic rings. The summed E-state index contributed by atoms with van der Waals surface area (Å²) in [7, 11) is 0. The van der Waals surface area contributed by atoms with Crippen LogP contribution in [0.25, 0.3) is 0 Å². The quantitative estimate of drug-likeness (QED) is 0.902. The molecule has 2 rings (SSSR count). The lowest BCUT2D eigenvalue weighted by atomic mass is 10.2. The van der Waals surface area contributed by atoms with E-state index in [1.807, 2.05) is 6.07 Å². The van der Waals surface area contributed by atoms with Crippen molar-refractivity contribution >= 4 is 6.09 Å². The first-order valence-corrected chi connectivity index (χ1v) is 5.49. The van der Waals surface area contributed by atoms with Gasteiger partial charge in [-0.15, -0.1) is 0 Å². The van der Waals surface area contributed by atoms with Crippen LogP contribution in [0.1, 0.15) is 5.56 Å². The fourth-order valence-corrected chi connectivity index (χ4v) is 1.45. The third-order valence-electron chi connectivity index (χ3n) is 2.28. The second-order valence-corrected chi connectivity index (χ2v) is 3.69. The standard InChI is InChI=1S/C14H12FNO2/c15-12-6-4-5-11(9-12)10-16-14(17)18-13-7-2-1-3-8-13/h1-9H,10H2,(H,16,17). The summed E-state index contributed by atoms with van der Waals surface area (Å²) in [5.74, 6) is 0.139. The number of carbonyl (C=O) groups excluding carboxylic acids is 1. The van der Waals surface area contributed by atoms with Gasteiger partial charge in [0, 0.05) is 6.54 Å². The Bertz CT molecular complexity index is 528. The van der Waals surface area contributed by atoms with Crippen molar-refractivity contribution < 1.29 is 13.9 Å². The van der Waals surface area contributed by atoms with Gasteiger partial charge in [-0.25, -0.2) is 9.18 Å². The molecule has 0 aliphatic carbocycles. The van der Waals surface area contributed by atoms with Crippen molar-refractivity contribution in [2.75, 3.05) is 0 Å². The molecule has 0 aromatic heterocycles. The van der Waals surface area contributed by atoms with Gasteiger partial charge in [-0.2, -0.15) is 0 Å². The molecule has 0 spiro atoms. The predicted molar refractivity (Wildman–Crippen MR) is 65.7 cm³/mol. The summed E-state index contributed by atoms with van der Waals surface area (Å²) in [5.41, 5.74) is 0.681. The Kier molecular flexibility index (Phi) is 3.91. The van der Waals surface area contributed by atoms with E-state index in [9.17, 15) is 9.18 Å². The van der Waals surface area contributed by atoms with Crippen molar-refractivity contribution in [1.29, 1.82) is 0 Å². The molecule has 0 aliphatic rings. The Balaban J connectivity index is 1.85. The fourth-order valence-electron chi connectivity index (χ4n) is 1.45. The average molecular weight is 245 g/mol. The van der Waals surface area contributed by atoms with Crippen molar-refractivity contribution in [3.05, 3.63) is 66.0 Å². The van der Waals surface area contributed by atoms with Crippen molar-refractivity contribution in [1.82, 2.24) is 5.32 Å². The van der Waals surface area contributed by atoms with Gasteiger partial charge in [0.1, 0.15) is 11.6 Å². The monoisotopic (exact) mass is 245 g/mol. The zero-order valence-corrected chi connectivity index (χ0v) is 9.60. The summed E-state index contributed by atoms with van der Waals surface area (Å²) in [6, 6.07) is 14.8. The van der Waals surface area contributed by atoms with E-state index in [2.05, 4.69) is 5.32 Å². The normalized spacial score (nSPS) is 9.83. The first kappa shape index (κ1) is 12.1. The van der Waals surface area contributed by atoms with Gasteiger partial charge in [0.2, 0.25) is 0 Å². The Morgan fingerprint density at radius 3 is 2.61 bits per heavy atom. The van der Waals surface area contributed by atoms with Crippen LogP contribution in [0.3, 0.4) is 0 Å². The third-order valence-corrected chi connectivity index (χ3v) is 2.28. The summed E-state index contributed by atoms with van der Waals surface area (Å²) >= 11 is 0. The number of ether oxygens (including phenoxy) is 1. The molecule has 0 fully saturated rings. The van der Waals surface area contributed by atoms with Gasteiger partial charge in [-0.3, -0.25) is 0 Å². The van der Waals surface area contributed by atoms with E-state index in [4.69, 9.17) is 4.74 Å². The Hall–Kier alpha value is -2.36. The average Bonchev–Trinajstić information content (AvgIpc) is 2.38. The van der Waals surface area contributed by atoms with E-state index in [1.165, 1.54) is 12.1 Å². The van der Waals surface area contributed by atoms with E-state index in [0.717, 1.165) is 0 Å². The smallest absolute Gasteiger partial charge is 0.410 e. The second-order valence-electron chi connectivity index (χ2n) is 3.69. The van der Waals surface area contributed by atoms with Gasteiger partial charge in [0.25, 0.3) is 0 Å². The first-order valence-electron chi connectivity index (χ1n) is 5.49. The molecule has 3 nitrogen and oxygen atoms in total. The second kappa shape index (κ2) is 5.82. The molecule has 2 aromatic carbocycles. The van der Waals surface area contributed by atoms with Crippen LogP contribution in [0, 0.1) is 5.82 Å². The molecule has 1 N–H and O–H groups in total.